The highest BCUT2D eigenvalue weighted by Crippen LogP contribution is 2.25. The Morgan fingerprint density at radius 3 is 2.70 bits per heavy atom. The second-order valence-corrected chi connectivity index (χ2v) is 7.47. The molecule has 0 aliphatic heterocycles. The van der Waals surface area contributed by atoms with Gasteiger partial charge in [0.15, 0.2) is 0 Å². The van der Waals surface area contributed by atoms with E-state index in [1.165, 1.54) is 19.4 Å². The van der Waals surface area contributed by atoms with Crippen molar-refractivity contribution in [3.05, 3.63) is 47.9 Å². The highest BCUT2D eigenvalue weighted by Gasteiger charge is 2.27. The van der Waals surface area contributed by atoms with Crippen LogP contribution < -0.4 is 9.46 Å². The normalized spacial score (nSPS) is 14.4. The van der Waals surface area contributed by atoms with Gasteiger partial charge in [0, 0.05) is 13.0 Å². The predicted molar refractivity (Wildman–Crippen MR) is 86.0 cm³/mol. The molecular formula is C16H21NO5S. The summed E-state index contributed by atoms with van der Waals surface area (Å²) < 4.78 is 37.7. The van der Waals surface area contributed by atoms with Crippen molar-refractivity contribution < 1.29 is 22.7 Å². The molecule has 2 rings (SSSR count). The van der Waals surface area contributed by atoms with E-state index in [-0.39, 0.29) is 23.6 Å². The van der Waals surface area contributed by atoms with Gasteiger partial charge >= 0.3 is 0 Å². The van der Waals surface area contributed by atoms with E-state index in [0.29, 0.717) is 5.76 Å². The Morgan fingerprint density at radius 1 is 1.35 bits per heavy atom. The monoisotopic (exact) mass is 339 g/mol. The van der Waals surface area contributed by atoms with Crippen molar-refractivity contribution in [1.29, 1.82) is 0 Å². The topological polar surface area (TPSA) is 88.8 Å². The molecule has 0 bridgehead atoms. The Labute approximate surface area is 136 Å². The molecule has 23 heavy (non-hydrogen) atoms. The first-order valence-electron chi connectivity index (χ1n) is 7.12. The van der Waals surface area contributed by atoms with Gasteiger partial charge in [0.25, 0.3) is 0 Å². The summed E-state index contributed by atoms with van der Waals surface area (Å²) in [6.45, 7) is 3.20. The molecule has 6 nitrogen and oxygen atoms in total. The summed E-state index contributed by atoms with van der Waals surface area (Å²) >= 11 is 0. The summed E-state index contributed by atoms with van der Waals surface area (Å²) in [4.78, 5) is 0.0498. The van der Waals surface area contributed by atoms with E-state index in [4.69, 9.17) is 9.15 Å². The summed E-state index contributed by atoms with van der Waals surface area (Å²) in [6, 6.07) is 8.35. The molecule has 1 aromatic carbocycles. The molecule has 0 saturated heterocycles. The molecule has 0 aliphatic carbocycles. The number of furan rings is 1. The van der Waals surface area contributed by atoms with Crippen LogP contribution in [0, 0.1) is 6.92 Å². The summed E-state index contributed by atoms with van der Waals surface area (Å²) in [5.41, 5.74) is -0.476. The lowest BCUT2D eigenvalue weighted by Crippen LogP contribution is -2.42. The lowest BCUT2D eigenvalue weighted by Gasteiger charge is -2.23. The minimum absolute atomic E-state index is 0.0498. The molecule has 1 heterocycles. The number of methoxy groups -OCH3 is 1. The molecule has 0 aliphatic rings. The Kier molecular flexibility index (Phi) is 5.13. The number of aryl methyl sites for hydroxylation is 1. The number of aliphatic hydroxyl groups is 1. The van der Waals surface area contributed by atoms with E-state index in [2.05, 4.69) is 4.72 Å². The molecule has 7 heteroatoms. The van der Waals surface area contributed by atoms with Crippen LogP contribution in [-0.4, -0.2) is 32.8 Å². The fraction of sp³-hybridized carbons (Fsp3) is 0.375. The van der Waals surface area contributed by atoms with Crippen molar-refractivity contribution >= 4 is 10.0 Å². The van der Waals surface area contributed by atoms with Crippen molar-refractivity contribution in [2.75, 3.05) is 13.7 Å². The van der Waals surface area contributed by atoms with Crippen LogP contribution in [0.15, 0.2) is 45.9 Å². The van der Waals surface area contributed by atoms with Gasteiger partial charge in [0.2, 0.25) is 10.0 Å². The predicted octanol–water partition coefficient (Wildman–Crippen LogP) is 1.87. The van der Waals surface area contributed by atoms with E-state index in [9.17, 15) is 13.5 Å². The smallest absolute Gasteiger partial charge is 0.244 e. The lowest BCUT2D eigenvalue weighted by molar-refractivity contribution is 0.0603. The zero-order chi connectivity index (χ0) is 17.1. The molecule has 2 N–H and O–H groups in total. The van der Waals surface area contributed by atoms with Crippen LogP contribution >= 0.6 is 0 Å². The first-order valence-corrected chi connectivity index (χ1v) is 8.61. The summed E-state index contributed by atoms with van der Waals surface area (Å²) in [7, 11) is -2.39. The van der Waals surface area contributed by atoms with Crippen LogP contribution in [0.2, 0.25) is 0 Å². The molecular weight excluding hydrogens is 318 g/mol. The highest BCUT2D eigenvalue weighted by molar-refractivity contribution is 7.89. The van der Waals surface area contributed by atoms with Gasteiger partial charge in [-0.2, -0.15) is 0 Å². The Hall–Kier alpha value is -1.83. The van der Waals surface area contributed by atoms with Gasteiger partial charge in [-0.25, -0.2) is 13.1 Å². The summed E-state index contributed by atoms with van der Waals surface area (Å²) in [5.74, 6) is 0.844. The number of nitrogens with one attached hydrogen (secondary N) is 1. The first-order chi connectivity index (χ1) is 10.7. The van der Waals surface area contributed by atoms with Crippen molar-refractivity contribution in [3.8, 4) is 5.75 Å². The fourth-order valence-corrected chi connectivity index (χ4v) is 3.59. The third kappa shape index (κ3) is 4.57. The maximum atomic E-state index is 12.5. The van der Waals surface area contributed by atoms with Gasteiger partial charge in [-0.3, -0.25) is 0 Å². The molecule has 0 spiro atoms. The highest BCUT2D eigenvalue weighted by atomic mass is 32.2. The van der Waals surface area contributed by atoms with Crippen LogP contribution in [0.4, 0.5) is 0 Å². The molecule has 0 amide bonds. The number of benzene rings is 1. The van der Waals surface area contributed by atoms with Gasteiger partial charge in [0.05, 0.1) is 19.0 Å². The quantitative estimate of drug-likeness (QED) is 0.804. The maximum absolute atomic E-state index is 12.5. The summed E-state index contributed by atoms with van der Waals surface area (Å²) in [6.07, 6.45) is 1.71. The van der Waals surface area contributed by atoms with E-state index in [0.717, 1.165) is 5.56 Å². The fourth-order valence-electron chi connectivity index (χ4n) is 2.17. The van der Waals surface area contributed by atoms with E-state index >= 15 is 0 Å². The van der Waals surface area contributed by atoms with Crippen LogP contribution in [0.3, 0.4) is 0 Å². The van der Waals surface area contributed by atoms with E-state index < -0.39 is 15.6 Å². The second kappa shape index (κ2) is 6.74. The third-order valence-corrected chi connectivity index (χ3v) is 4.81. The van der Waals surface area contributed by atoms with Gasteiger partial charge in [-0.1, -0.05) is 6.07 Å². The Bertz CT molecular complexity index is 751. The molecule has 0 radical (unpaired) electrons. The van der Waals surface area contributed by atoms with Gasteiger partial charge in [-0.05, 0) is 43.7 Å². The lowest BCUT2D eigenvalue weighted by atomic mass is 10.0. The number of hydrogen-bond donors (Lipinski definition) is 2. The van der Waals surface area contributed by atoms with Crippen LogP contribution in [0.5, 0.6) is 5.75 Å². The van der Waals surface area contributed by atoms with E-state index in [1.54, 1.807) is 38.1 Å². The van der Waals surface area contributed by atoms with Crippen LogP contribution in [0.1, 0.15) is 18.2 Å². The zero-order valence-electron chi connectivity index (χ0n) is 13.4. The van der Waals surface area contributed by atoms with E-state index in [1.807, 2.05) is 0 Å². The van der Waals surface area contributed by atoms with Crippen molar-refractivity contribution in [3.63, 3.8) is 0 Å². The minimum atomic E-state index is -3.80. The second-order valence-electron chi connectivity index (χ2n) is 5.73. The largest absolute Gasteiger partial charge is 0.495 e. The zero-order valence-corrected chi connectivity index (χ0v) is 14.2. The molecule has 0 fully saturated rings. The number of ether oxygens (including phenoxy) is 1. The molecule has 1 atom stereocenters. The van der Waals surface area contributed by atoms with Crippen molar-refractivity contribution in [1.82, 2.24) is 4.72 Å². The molecule has 126 valence electrons. The number of sulfonamides is 1. The maximum Gasteiger partial charge on any atom is 0.244 e. The van der Waals surface area contributed by atoms with Gasteiger partial charge in [0.1, 0.15) is 16.4 Å². The molecule has 2 aromatic rings. The Morgan fingerprint density at radius 2 is 2.09 bits per heavy atom. The minimum Gasteiger partial charge on any atom is -0.495 e. The van der Waals surface area contributed by atoms with Crippen LogP contribution in [0.25, 0.3) is 0 Å². The summed E-state index contributed by atoms with van der Waals surface area (Å²) in [5, 5.41) is 10.4. The SMILES string of the molecule is COc1ccc(C)cc1S(=O)(=O)NCC(C)(O)Cc1ccco1. The standard InChI is InChI=1S/C16H21NO5S/c1-12-6-7-14(21-3)15(9-12)23(19,20)17-11-16(2,18)10-13-5-4-8-22-13/h4-9,17-18H,10-11H2,1-3H3. The number of hydrogen-bond acceptors (Lipinski definition) is 5. The molecule has 0 saturated carbocycles. The third-order valence-electron chi connectivity index (χ3n) is 3.39. The molecule has 1 aromatic heterocycles. The Balaban J connectivity index is 2.14. The van der Waals surface area contributed by atoms with Gasteiger partial charge in [-0.15, -0.1) is 0 Å². The van der Waals surface area contributed by atoms with Crippen molar-refractivity contribution in [2.45, 2.75) is 30.8 Å². The average Bonchev–Trinajstić information content (AvgIpc) is 2.97. The van der Waals surface area contributed by atoms with Crippen LogP contribution in [-0.2, 0) is 16.4 Å². The van der Waals surface area contributed by atoms with Gasteiger partial charge < -0.3 is 14.3 Å². The molecule has 1 unspecified atom stereocenters. The first kappa shape index (κ1) is 17.5. The van der Waals surface area contributed by atoms with Crippen molar-refractivity contribution in [2.24, 2.45) is 0 Å². The average molecular weight is 339 g/mol. The number of rotatable bonds is 7.